The summed E-state index contributed by atoms with van der Waals surface area (Å²) in [6, 6.07) is 7.33. The molecule has 3 heterocycles. The van der Waals surface area contributed by atoms with E-state index in [0.717, 1.165) is 23.5 Å². The lowest BCUT2D eigenvalue weighted by molar-refractivity contribution is -0.137. The minimum atomic E-state index is -0.557. The lowest BCUT2D eigenvalue weighted by atomic mass is 10.1. The number of allylic oxidation sites excluding steroid dienone is 2. The number of aliphatic imine (C=N–C) groups is 1. The second kappa shape index (κ2) is 7.18. The molecule has 8 nitrogen and oxygen atoms in total. The number of hydrogen-bond donors (Lipinski definition) is 0. The van der Waals surface area contributed by atoms with E-state index < -0.39 is 12.2 Å². The molecular weight excluding hydrogens is 370 g/mol. The fraction of sp³-hybridized carbons (Fsp3) is 0.476. The van der Waals surface area contributed by atoms with E-state index in [2.05, 4.69) is 24.0 Å². The summed E-state index contributed by atoms with van der Waals surface area (Å²) in [5.74, 6) is 0.476. The summed E-state index contributed by atoms with van der Waals surface area (Å²) in [4.78, 5) is 37.8. The third-order valence-corrected chi connectivity index (χ3v) is 6.03. The fourth-order valence-corrected chi connectivity index (χ4v) is 4.32. The topological polar surface area (TPSA) is 68.7 Å². The van der Waals surface area contributed by atoms with Gasteiger partial charge in [0, 0.05) is 25.6 Å². The molecule has 0 saturated carbocycles. The van der Waals surface area contributed by atoms with Crippen molar-refractivity contribution in [2.24, 2.45) is 4.99 Å². The van der Waals surface area contributed by atoms with Crippen LogP contribution < -0.4 is 4.90 Å². The first-order valence-electron chi connectivity index (χ1n) is 9.92. The van der Waals surface area contributed by atoms with Gasteiger partial charge in [0.05, 0.1) is 18.8 Å². The summed E-state index contributed by atoms with van der Waals surface area (Å²) in [5.41, 5.74) is 4.28. The van der Waals surface area contributed by atoms with E-state index in [1.807, 2.05) is 30.9 Å². The number of carbonyl (C=O) groups excluding carboxylic acids is 2. The molecule has 154 valence electrons. The van der Waals surface area contributed by atoms with E-state index in [1.54, 1.807) is 19.1 Å². The number of imide groups is 1. The standard InChI is InChI=1S/C21H27N5O3/c1-6-15-9-7-8-10-16(15)25-13(2)14(3)26-17-18(22-20(25)26)23(4)21(28)24(19(17)27)11-12-29-5/h7-10,17-18H,6,11-12H2,1-5H3. The van der Waals surface area contributed by atoms with Gasteiger partial charge in [0.1, 0.15) is 0 Å². The summed E-state index contributed by atoms with van der Waals surface area (Å²) >= 11 is 0. The summed E-state index contributed by atoms with van der Waals surface area (Å²) in [6.45, 7) is 6.71. The van der Waals surface area contributed by atoms with Gasteiger partial charge < -0.3 is 9.64 Å². The average molecular weight is 397 g/mol. The first-order valence-corrected chi connectivity index (χ1v) is 9.92. The lowest BCUT2D eigenvalue weighted by Crippen LogP contribution is -2.65. The van der Waals surface area contributed by atoms with Crippen LogP contribution in [0.3, 0.4) is 0 Å². The van der Waals surface area contributed by atoms with Gasteiger partial charge in [-0.25, -0.2) is 9.79 Å². The number of urea groups is 1. The van der Waals surface area contributed by atoms with E-state index in [4.69, 9.17) is 9.73 Å². The Labute approximate surface area is 171 Å². The zero-order valence-electron chi connectivity index (χ0n) is 17.5. The van der Waals surface area contributed by atoms with Crippen molar-refractivity contribution in [2.45, 2.75) is 39.4 Å². The third kappa shape index (κ3) is 2.73. The number of likely N-dealkylation sites (N-methyl/N-ethyl adjacent to an activating group) is 1. The van der Waals surface area contributed by atoms with Crippen molar-refractivity contribution in [1.29, 1.82) is 0 Å². The monoisotopic (exact) mass is 397 g/mol. The Kier molecular flexibility index (Phi) is 4.82. The molecule has 2 atom stereocenters. The van der Waals surface area contributed by atoms with Crippen LogP contribution in [-0.2, 0) is 16.0 Å². The minimum Gasteiger partial charge on any atom is -0.383 e. The molecular formula is C21H27N5O3. The van der Waals surface area contributed by atoms with Crippen molar-refractivity contribution in [3.63, 3.8) is 0 Å². The van der Waals surface area contributed by atoms with E-state index in [0.29, 0.717) is 12.6 Å². The number of rotatable bonds is 5. The maximum Gasteiger partial charge on any atom is 0.328 e. The van der Waals surface area contributed by atoms with Gasteiger partial charge in [0.15, 0.2) is 12.2 Å². The van der Waals surface area contributed by atoms with Gasteiger partial charge in [-0.2, -0.15) is 0 Å². The van der Waals surface area contributed by atoms with Crippen LogP contribution in [0, 0.1) is 0 Å². The number of para-hydroxylation sites is 1. The summed E-state index contributed by atoms with van der Waals surface area (Å²) in [7, 11) is 3.26. The third-order valence-electron chi connectivity index (χ3n) is 6.03. The molecule has 0 N–H and O–H groups in total. The largest absolute Gasteiger partial charge is 0.383 e. The Morgan fingerprint density at radius 3 is 2.55 bits per heavy atom. The molecule has 2 unspecified atom stereocenters. The Hall–Kier alpha value is -2.87. The maximum atomic E-state index is 13.3. The highest BCUT2D eigenvalue weighted by Gasteiger charge is 2.55. The number of ether oxygens (including phenoxy) is 1. The number of guanidine groups is 1. The van der Waals surface area contributed by atoms with Crippen LogP contribution in [0.25, 0.3) is 0 Å². The molecule has 0 aromatic heterocycles. The molecule has 0 bridgehead atoms. The van der Waals surface area contributed by atoms with Crippen LogP contribution in [0.15, 0.2) is 40.7 Å². The Balaban J connectivity index is 1.76. The average Bonchev–Trinajstić information content (AvgIpc) is 3.22. The van der Waals surface area contributed by atoms with E-state index in [9.17, 15) is 9.59 Å². The number of amides is 3. The lowest BCUT2D eigenvalue weighted by Gasteiger charge is -2.40. The van der Waals surface area contributed by atoms with Gasteiger partial charge in [-0.1, -0.05) is 25.1 Å². The molecule has 3 amide bonds. The van der Waals surface area contributed by atoms with E-state index in [1.165, 1.54) is 10.5 Å². The van der Waals surface area contributed by atoms with E-state index in [-0.39, 0.29) is 18.5 Å². The van der Waals surface area contributed by atoms with Crippen LogP contribution in [0.2, 0.25) is 0 Å². The Morgan fingerprint density at radius 1 is 1.14 bits per heavy atom. The number of anilines is 1. The van der Waals surface area contributed by atoms with Gasteiger partial charge in [-0.15, -0.1) is 0 Å². The number of methoxy groups -OCH3 is 1. The number of aryl methyl sites for hydroxylation is 1. The highest BCUT2D eigenvalue weighted by molar-refractivity contribution is 6.10. The van der Waals surface area contributed by atoms with Gasteiger partial charge in [-0.05, 0) is 31.9 Å². The molecule has 29 heavy (non-hydrogen) atoms. The van der Waals surface area contributed by atoms with Crippen LogP contribution in [0.4, 0.5) is 10.5 Å². The quantitative estimate of drug-likeness (QED) is 0.762. The van der Waals surface area contributed by atoms with Gasteiger partial charge in [0.2, 0.25) is 5.96 Å². The molecule has 1 fully saturated rings. The summed E-state index contributed by atoms with van der Waals surface area (Å²) < 4.78 is 5.09. The number of benzene rings is 1. The molecule has 1 aromatic carbocycles. The van der Waals surface area contributed by atoms with Crippen molar-refractivity contribution in [3.8, 4) is 0 Å². The number of nitrogens with zero attached hydrogens (tertiary/aromatic N) is 5. The van der Waals surface area contributed by atoms with Crippen LogP contribution in [0.5, 0.6) is 0 Å². The Bertz CT molecular complexity index is 925. The van der Waals surface area contributed by atoms with Gasteiger partial charge in [-0.3, -0.25) is 19.5 Å². The molecule has 0 aliphatic carbocycles. The predicted octanol–water partition coefficient (Wildman–Crippen LogP) is 2.23. The zero-order chi connectivity index (χ0) is 20.9. The molecule has 4 rings (SSSR count). The zero-order valence-corrected chi connectivity index (χ0v) is 17.5. The maximum absolute atomic E-state index is 13.3. The smallest absolute Gasteiger partial charge is 0.328 e. The predicted molar refractivity (Wildman–Crippen MR) is 110 cm³/mol. The van der Waals surface area contributed by atoms with Gasteiger partial charge in [0.25, 0.3) is 5.91 Å². The molecule has 1 aromatic rings. The van der Waals surface area contributed by atoms with E-state index >= 15 is 0 Å². The van der Waals surface area contributed by atoms with Crippen LogP contribution >= 0.6 is 0 Å². The van der Waals surface area contributed by atoms with Gasteiger partial charge >= 0.3 is 6.03 Å². The highest BCUT2D eigenvalue weighted by atomic mass is 16.5. The molecule has 0 radical (unpaired) electrons. The SMILES string of the molecule is CCc1ccccc1N1C2=NC3C(C(=O)N(CCOC)C(=O)N3C)N2C(C)=C1C. The molecule has 3 aliphatic heterocycles. The second-order valence-electron chi connectivity index (χ2n) is 7.52. The number of fused-ring (bicyclic) bond motifs is 3. The molecule has 1 saturated heterocycles. The van der Waals surface area contributed by atoms with Crippen molar-refractivity contribution < 1.29 is 14.3 Å². The normalized spacial score (nSPS) is 23.8. The number of hydrogen-bond acceptors (Lipinski definition) is 6. The van der Waals surface area contributed by atoms with Crippen molar-refractivity contribution >= 4 is 23.6 Å². The second-order valence-corrected chi connectivity index (χ2v) is 7.52. The molecule has 8 heteroatoms. The van der Waals surface area contributed by atoms with Crippen molar-refractivity contribution in [3.05, 3.63) is 41.2 Å². The summed E-state index contributed by atoms with van der Waals surface area (Å²) in [6.07, 6.45) is 0.351. The van der Waals surface area contributed by atoms with Crippen molar-refractivity contribution in [2.75, 3.05) is 32.2 Å². The van der Waals surface area contributed by atoms with Crippen LogP contribution in [-0.4, -0.2) is 72.1 Å². The first-order chi connectivity index (χ1) is 13.9. The number of carbonyl (C=O) groups is 2. The summed E-state index contributed by atoms with van der Waals surface area (Å²) in [5, 5.41) is 0. The van der Waals surface area contributed by atoms with Crippen LogP contribution in [0.1, 0.15) is 26.3 Å². The Morgan fingerprint density at radius 2 is 1.86 bits per heavy atom. The highest BCUT2D eigenvalue weighted by Crippen LogP contribution is 2.40. The fourth-order valence-electron chi connectivity index (χ4n) is 4.32. The first kappa shape index (κ1) is 19.4. The van der Waals surface area contributed by atoms with Crippen molar-refractivity contribution in [1.82, 2.24) is 14.7 Å². The minimum absolute atomic E-state index is 0.230. The molecule has 0 spiro atoms. The molecule has 3 aliphatic rings.